The van der Waals surface area contributed by atoms with E-state index in [9.17, 15) is 18.8 Å². The maximum absolute atomic E-state index is 13.9. The predicted molar refractivity (Wildman–Crippen MR) is 128 cm³/mol. The van der Waals surface area contributed by atoms with Crippen molar-refractivity contribution in [3.63, 3.8) is 0 Å². The summed E-state index contributed by atoms with van der Waals surface area (Å²) in [5, 5.41) is 5.58. The second-order valence-corrected chi connectivity index (χ2v) is 8.20. The maximum atomic E-state index is 13.9. The van der Waals surface area contributed by atoms with E-state index in [-0.39, 0.29) is 17.4 Å². The van der Waals surface area contributed by atoms with Crippen LogP contribution in [0.4, 0.5) is 10.1 Å². The lowest BCUT2D eigenvalue weighted by Gasteiger charge is -2.24. The molecule has 0 aliphatic carbocycles. The Morgan fingerprint density at radius 3 is 2.50 bits per heavy atom. The first-order valence-corrected chi connectivity index (χ1v) is 11.3. The van der Waals surface area contributed by atoms with Crippen molar-refractivity contribution in [2.75, 3.05) is 18.4 Å². The summed E-state index contributed by atoms with van der Waals surface area (Å²) in [6, 6.07) is 21.5. The number of benzene rings is 3. The van der Waals surface area contributed by atoms with Crippen molar-refractivity contribution in [1.82, 2.24) is 10.2 Å². The number of hydrogen-bond acceptors (Lipinski definition) is 3. The third kappa shape index (κ3) is 5.49. The van der Waals surface area contributed by atoms with Crippen LogP contribution in [0.2, 0.25) is 0 Å². The maximum Gasteiger partial charge on any atom is 0.258 e. The second kappa shape index (κ2) is 10.7. The van der Waals surface area contributed by atoms with Crippen LogP contribution in [0.5, 0.6) is 0 Å². The van der Waals surface area contributed by atoms with Crippen LogP contribution in [-0.4, -0.2) is 41.8 Å². The Kier molecular flexibility index (Phi) is 7.32. The van der Waals surface area contributed by atoms with Crippen LogP contribution < -0.4 is 10.6 Å². The van der Waals surface area contributed by atoms with E-state index in [0.29, 0.717) is 30.8 Å². The van der Waals surface area contributed by atoms with Crippen molar-refractivity contribution in [3.05, 3.63) is 101 Å². The number of rotatable bonds is 7. The predicted octanol–water partition coefficient (Wildman–Crippen LogP) is 4.04. The van der Waals surface area contributed by atoms with E-state index in [2.05, 4.69) is 10.6 Å². The molecular formula is C27H26FN3O3. The first-order valence-electron chi connectivity index (χ1n) is 11.3. The summed E-state index contributed by atoms with van der Waals surface area (Å²) in [5.74, 6) is -1.65. The molecular weight excluding hydrogens is 433 g/mol. The largest absolute Gasteiger partial charge is 0.354 e. The fraction of sp³-hybridized carbons (Fsp3) is 0.222. The Labute approximate surface area is 197 Å². The van der Waals surface area contributed by atoms with Crippen molar-refractivity contribution in [3.8, 4) is 0 Å². The first-order chi connectivity index (χ1) is 16.5. The van der Waals surface area contributed by atoms with Crippen LogP contribution in [0.1, 0.15) is 39.1 Å². The standard InChI is InChI=1S/C27H26FN3O3/c28-23-13-5-4-12-22(23)25(32)30-21-11-6-10-20(18-21)27(34)31-17-7-14-24(31)26(33)29-16-15-19-8-2-1-3-9-19/h1-6,8-13,18,24H,7,14-17H2,(H,29,33)(H,30,32). The highest BCUT2D eigenvalue weighted by Crippen LogP contribution is 2.22. The van der Waals surface area contributed by atoms with E-state index < -0.39 is 17.8 Å². The summed E-state index contributed by atoms with van der Waals surface area (Å²) < 4.78 is 13.9. The zero-order valence-electron chi connectivity index (χ0n) is 18.7. The molecule has 1 aliphatic rings. The molecule has 3 aromatic carbocycles. The average Bonchev–Trinajstić information content (AvgIpc) is 3.35. The Morgan fingerprint density at radius 2 is 1.71 bits per heavy atom. The number of carbonyl (C=O) groups is 3. The van der Waals surface area contributed by atoms with E-state index >= 15 is 0 Å². The SMILES string of the molecule is O=C(Nc1cccc(C(=O)N2CCCC2C(=O)NCCc2ccccc2)c1)c1ccccc1F. The first kappa shape index (κ1) is 23.2. The van der Waals surface area contributed by atoms with Gasteiger partial charge in [-0.2, -0.15) is 0 Å². The lowest BCUT2D eigenvalue weighted by Crippen LogP contribution is -2.46. The Balaban J connectivity index is 1.39. The van der Waals surface area contributed by atoms with E-state index in [1.807, 2.05) is 30.3 Å². The van der Waals surface area contributed by atoms with Gasteiger partial charge in [0.1, 0.15) is 11.9 Å². The monoisotopic (exact) mass is 459 g/mol. The summed E-state index contributed by atoms with van der Waals surface area (Å²) >= 11 is 0. The number of likely N-dealkylation sites (tertiary alicyclic amines) is 1. The van der Waals surface area contributed by atoms with Crippen LogP contribution in [0, 0.1) is 5.82 Å². The summed E-state index contributed by atoms with van der Waals surface area (Å²) in [5.41, 5.74) is 1.79. The van der Waals surface area contributed by atoms with Crippen LogP contribution in [0.15, 0.2) is 78.9 Å². The molecule has 3 amide bonds. The highest BCUT2D eigenvalue weighted by molar-refractivity contribution is 6.05. The minimum absolute atomic E-state index is 0.0778. The zero-order valence-corrected chi connectivity index (χ0v) is 18.7. The minimum atomic E-state index is -0.620. The third-order valence-corrected chi connectivity index (χ3v) is 5.86. The van der Waals surface area contributed by atoms with Gasteiger partial charge in [-0.05, 0) is 55.2 Å². The molecule has 6 nitrogen and oxygen atoms in total. The highest BCUT2D eigenvalue weighted by Gasteiger charge is 2.34. The van der Waals surface area contributed by atoms with Crippen LogP contribution in [0.25, 0.3) is 0 Å². The smallest absolute Gasteiger partial charge is 0.258 e. The van der Waals surface area contributed by atoms with E-state index in [1.54, 1.807) is 35.2 Å². The summed E-state index contributed by atoms with van der Waals surface area (Å²) in [7, 11) is 0. The quantitative estimate of drug-likeness (QED) is 0.560. The molecule has 1 aliphatic heterocycles. The highest BCUT2D eigenvalue weighted by atomic mass is 19.1. The number of nitrogens with one attached hydrogen (secondary N) is 2. The van der Waals surface area contributed by atoms with Crippen LogP contribution in [0.3, 0.4) is 0 Å². The fourth-order valence-electron chi connectivity index (χ4n) is 4.11. The Hall–Kier alpha value is -4.00. The van der Waals surface area contributed by atoms with Crippen molar-refractivity contribution in [2.45, 2.75) is 25.3 Å². The Bertz CT molecular complexity index is 1180. The normalized spacial score (nSPS) is 15.1. The van der Waals surface area contributed by atoms with Crippen molar-refractivity contribution < 1.29 is 18.8 Å². The van der Waals surface area contributed by atoms with Gasteiger partial charge in [-0.3, -0.25) is 14.4 Å². The molecule has 0 aromatic heterocycles. The average molecular weight is 460 g/mol. The summed E-state index contributed by atoms with van der Waals surface area (Å²) in [4.78, 5) is 40.0. The molecule has 1 fully saturated rings. The van der Waals surface area contributed by atoms with Gasteiger partial charge in [0.15, 0.2) is 0 Å². The van der Waals surface area contributed by atoms with Gasteiger partial charge < -0.3 is 15.5 Å². The molecule has 1 unspecified atom stereocenters. The van der Waals surface area contributed by atoms with E-state index in [0.717, 1.165) is 18.4 Å². The molecule has 1 atom stereocenters. The number of amides is 3. The molecule has 0 spiro atoms. The Morgan fingerprint density at radius 1 is 0.941 bits per heavy atom. The van der Waals surface area contributed by atoms with Crippen LogP contribution >= 0.6 is 0 Å². The number of nitrogens with zero attached hydrogens (tertiary/aromatic N) is 1. The molecule has 0 bridgehead atoms. The molecule has 1 heterocycles. The molecule has 34 heavy (non-hydrogen) atoms. The molecule has 2 N–H and O–H groups in total. The molecule has 1 saturated heterocycles. The summed E-state index contributed by atoms with van der Waals surface area (Å²) in [6.45, 7) is 0.986. The van der Waals surface area contributed by atoms with Gasteiger partial charge >= 0.3 is 0 Å². The molecule has 174 valence electrons. The van der Waals surface area contributed by atoms with Crippen molar-refractivity contribution in [2.24, 2.45) is 0 Å². The van der Waals surface area contributed by atoms with Gasteiger partial charge in [-0.25, -0.2) is 4.39 Å². The van der Waals surface area contributed by atoms with Gasteiger partial charge in [0, 0.05) is 24.3 Å². The third-order valence-electron chi connectivity index (χ3n) is 5.86. The fourth-order valence-corrected chi connectivity index (χ4v) is 4.11. The number of anilines is 1. The van der Waals surface area contributed by atoms with Gasteiger partial charge in [0.25, 0.3) is 11.8 Å². The number of carbonyl (C=O) groups excluding carboxylic acids is 3. The minimum Gasteiger partial charge on any atom is -0.354 e. The topological polar surface area (TPSA) is 78.5 Å². The second-order valence-electron chi connectivity index (χ2n) is 8.20. The zero-order chi connectivity index (χ0) is 23.9. The lowest BCUT2D eigenvalue weighted by atomic mass is 10.1. The van der Waals surface area contributed by atoms with Gasteiger partial charge in [0.2, 0.25) is 5.91 Å². The van der Waals surface area contributed by atoms with Gasteiger partial charge in [-0.1, -0.05) is 48.5 Å². The number of halogens is 1. The molecule has 7 heteroatoms. The molecule has 4 rings (SSSR count). The summed E-state index contributed by atoms with van der Waals surface area (Å²) in [6.07, 6.45) is 2.07. The van der Waals surface area contributed by atoms with Crippen LogP contribution in [-0.2, 0) is 11.2 Å². The van der Waals surface area contributed by atoms with E-state index in [1.165, 1.54) is 18.2 Å². The molecule has 3 aromatic rings. The van der Waals surface area contributed by atoms with Crippen molar-refractivity contribution >= 4 is 23.4 Å². The number of hydrogen-bond donors (Lipinski definition) is 2. The molecule has 0 saturated carbocycles. The van der Waals surface area contributed by atoms with Crippen molar-refractivity contribution in [1.29, 1.82) is 0 Å². The van der Waals surface area contributed by atoms with Gasteiger partial charge in [0.05, 0.1) is 5.56 Å². The molecule has 0 radical (unpaired) electrons. The lowest BCUT2D eigenvalue weighted by molar-refractivity contribution is -0.124. The van der Waals surface area contributed by atoms with E-state index in [4.69, 9.17) is 0 Å². The van der Waals surface area contributed by atoms with Gasteiger partial charge in [-0.15, -0.1) is 0 Å².